The molecule has 0 saturated carbocycles. The summed E-state index contributed by atoms with van der Waals surface area (Å²) < 4.78 is 34.0. The van der Waals surface area contributed by atoms with Crippen LogP contribution in [0.3, 0.4) is 0 Å². The zero-order chi connectivity index (χ0) is 15.9. The number of hydrogen-bond acceptors (Lipinski definition) is 7. The molecule has 0 spiro atoms. The van der Waals surface area contributed by atoms with Gasteiger partial charge < -0.3 is 18.9 Å². The zero-order valence-electron chi connectivity index (χ0n) is 12.2. The highest BCUT2D eigenvalue weighted by Gasteiger charge is 2.02. The SMILES string of the molecule is N=[N+]=NCCOCCOCCOCCOc1cccnc1F. The van der Waals surface area contributed by atoms with Gasteiger partial charge in [0.1, 0.15) is 23.8 Å². The van der Waals surface area contributed by atoms with Gasteiger partial charge in [0.25, 0.3) is 5.95 Å². The highest BCUT2D eigenvalue weighted by molar-refractivity contribution is 5.17. The number of halogens is 1. The Morgan fingerprint density at radius 3 is 2.32 bits per heavy atom. The molecule has 0 bridgehead atoms. The standard InChI is InChI=1S/C13H20FN4O4/c14-13-12(2-1-3-16-13)22-11-10-21-9-8-20-7-6-19-5-4-17-18-15/h1-3,15H,4-11H2/q+1. The van der Waals surface area contributed by atoms with E-state index < -0.39 is 5.95 Å². The van der Waals surface area contributed by atoms with Crippen LogP contribution in [-0.4, -0.2) is 57.8 Å². The molecule has 1 aromatic heterocycles. The number of rotatable bonds is 13. The molecule has 0 amide bonds. The van der Waals surface area contributed by atoms with Crippen LogP contribution in [0.4, 0.5) is 4.39 Å². The van der Waals surface area contributed by atoms with Crippen LogP contribution in [0.1, 0.15) is 0 Å². The molecule has 0 aliphatic rings. The van der Waals surface area contributed by atoms with E-state index in [2.05, 4.69) is 15.0 Å². The summed E-state index contributed by atoms with van der Waals surface area (Å²) in [5.74, 6) is -0.514. The van der Waals surface area contributed by atoms with Crippen molar-refractivity contribution in [2.24, 2.45) is 5.11 Å². The maximum atomic E-state index is 13.1. The number of nitrogens with zero attached hydrogens (tertiary/aromatic N) is 3. The quantitative estimate of drug-likeness (QED) is 0.255. The van der Waals surface area contributed by atoms with E-state index >= 15 is 0 Å². The second-order valence-corrected chi connectivity index (χ2v) is 3.94. The second kappa shape index (κ2) is 12.8. The Labute approximate surface area is 127 Å². The molecule has 0 aromatic carbocycles. The smallest absolute Gasteiger partial charge is 0.255 e. The third-order valence-corrected chi connectivity index (χ3v) is 2.36. The number of hydrogen-bond donors (Lipinski definition) is 1. The maximum Gasteiger partial charge on any atom is 0.255 e. The van der Waals surface area contributed by atoms with E-state index in [9.17, 15) is 4.39 Å². The summed E-state index contributed by atoms with van der Waals surface area (Å²) in [5.41, 5.74) is 6.44. The molecule has 8 nitrogen and oxygen atoms in total. The van der Waals surface area contributed by atoms with Crippen molar-refractivity contribution in [1.29, 1.82) is 5.53 Å². The van der Waals surface area contributed by atoms with Gasteiger partial charge in [-0.25, -0.2) is 4.98 Å². The van der Waals surface area contributed by atoms with Crippen molar-refractivity contribution < 1.29 is 23.3 Å². The normalized spacial score (nSPS) is 10.2. The average Bonchev–Trinajstić information content (AvgIpc) is 2.53. The van der Waals surface area contributed by atoms with E-state index in [-0.39, 0.29) is 12.4 Å². The lowest BCUT2D eigenvalue weighted by atomic mass is 10.4. The van der Waals surface area contributed by atoms with E-state index in [0.29, 0.717) is 46.2 Å². The second-order valence-electron chi connectivity index (χ2n) is 3.94. The lowest BCUT2D eigenvalue weighted by Crippen LogP contribution is -2.13. The number of aromatic nitrogens is 1. The van der Waals surface area contributed by atoms with Gasteiger partial charge in [-0.1, -0.05) is 0 Å². The lowest BCUT2D eigenvalue weighted by Gasteiger charge is -2.08. The summed E-state index contributed by atoms with van der Waals surface area (Å²) in [6.07, 6.45) is 1.36. The third kappa shape index (κ3) is 9.09. The summed E-state index contributed by atoms with van der Waals surface area (Å²) in [7, 11) is 0. The predicted molar refractivity (Wildman–Crippen MR) is 74.3 cm³/mol. The first kappa shape index (κ1) is 18.1. The van der Waals surface area contributed by atoms with Gasteiger partial charge in [-0.2, -0.15) is 4.39 Å². The lowest BCUT2D eigenvalue weighted by molar-refractivity contribution is 0.0102. The molecule has 0 aliphatic heterocycles. The number of nitrogens with one attached hydrogen (secondary N) is 1. The molecule has 9 heteroatoms. The molecule has 1 heterocycles. The molecule has 122 valence electrons. The third-order valence-electron chi connectivity index (χ3n) is 2.36. The zero-order valence-corrected chi connectivity index (χ0v) is 12.2. The molecule has 0 radical (unpaired) electrons. The van der Waals surface area contributed by atoms with Gasteiger partial charge in [0.15, 0.2) is 5.75 Å². The Balaban J connectivity index is 1.84. The first-order valence-corrected chi connectivity index (χ1v) is 6.84. The largest absolute Gasteiger partial charge is 0.486 e. The van der Waals surface area contributed by atoms with Crippen LogP contribution in [0, 0.1) is 11.5 Å². The Morgan fingerprint density at radius 1 is 1.05 bits per heavy atom. The van der Waals surface area contributed by atoms with Gasteiger partial charge in [0, 0.05) is 6.20 Å². The Bertz CT molecular complexity index is 457. The molecule has 22 heavy (non-hydrogen) atoms. The predicted octanol–water partition coefficient (Wildman–Crippen LogP) is 1.20. The summed E-state index contributed by atoms with van der Waals surface area (Å²) in [5, 5.41) is 3.44. The molecule has 1 rings (SSSR count). The van der Waals surface area contributed by atoms with Crippen molar-refractivity contribution in [1.82, 2.24) is 9.90 Å². The Kier molecular flexibility index (Phi) is 10.5. The Hall–Kier alpha value is -1.93. The average molecular weight is 315 g/mol. The molecule has 0 aliphatic carbocycles. The van der Waals surface area contributed by atoms with Crippen LogP contribution >= 0.6 is 0 Å². The first-order chi connectivity index (χ1) is 10.8. The van der Waals surface area contributed by atoms with E-state index in [1.54, 1.807) is 6.07 Å². The van der Waals surface area contributed by atoms with Gasteiger partial charge in [-0.05, 0) is 12.1 Å². The fraction of sp³-hybridized carbons (Fsp3) is 0.615. The topological polar surface area (TPSA) is 100 Å². The fourth-order valence-corrected chi connectivity index (χ4v) is 1.39. The fourth-order valence-electron chi connectivity index (χ4n) is 1.39. The molecule has 0 fully saturated rings. The molecule has 0 atom stereocenters. The van der Waals surface area contributed by atoms with Gasteiger partial charge in [0.05, 0.1) is 39.6 Å². The first-order valence-electron chi connectivity index (χ1n) is 6.84. The summed E-state index contributed by atoms with van der Waals surface area (Å²) in [6.45, 7) is 3.16. The molecule has 0 unspecified atom stereocenters. The minimum absolute atomic E-state index is 0.115. The summed E-state index contributed by atoms with van der Waals surface area (Å²) in [6, 6.07) is 3.11. The molecule has 1 N–H and O–H groups in total. The number of pyridine rings is 1. The highest BCUT2D eigenvalue weighted by atomic mass is 19.1. The molecular weight excluding hydrogens is 295 g/mol. The van der Waals surface area contributed by atoms with Gasteiger partial charge >= 0.3 is 0 Å². The number of ether oxygens (including phenoxy) is 4. The van der Waals surface area contributed by atoms with E-state index in [1.165, 1.54) is 12.3 Å². The minimum Gasteiger partial charge on any atom is -0.486 e. The van der Waals surface area contributed by atoms with Gasteiger partial charge in [-0.15, -0.1) is 0 Å². The van der Waals surface area contributed by atoms with Crippen molar-refractivity contribution in [3.8, 4) is 5.75 Å². The van der Waals surface area contributed by atoms with Crippen molar-refractivity contribution in [2.75, 3.05) is 52.8 Å². The van der Waals surface area contributed by atoms with Gasteiger partial charge in [-0.3, -0.25) is 0 Å². The molecule has 1 aromatic rings. The van der Waals surface area contributed by atoms with Crippen LogP contribution in [-0.2, 0) is 14.2 Å². The summed E-state index contributed by atoms with van der Waals surface area (Å²) >= 11 is 0. The van der Waals surface area contributed by atoms with Crippen LogP contribution in [0.15, 0.2) is 23.4 Å². The van der Waals surface area contributed by atoms with E-state index in [1.807, 2.05) is 0 Å². The van der Waals surface area contributed by atoms with Crippen molar-refractivity contribution in [2.45, 2.75) is 0 Å². The monoisotopic (exact) mass is 315 g/mol. The van der Waals surface area contributed by atoms with Crippen molar-refractivity contribution in [3.05, 3.63) is 24.3 Å². The minimum atomic E-state index is -0.630. The van der Waals surface area contributed by atoms with Crippen molar-refractivity contribution >= 4 is 0 Å². The van der Waals surface area contributed by atoms with Crippen molar-refractivity contribution in [3.63, 3.8) is 0 Å². The van der Waals surface area contributed by atoms with E-state index in [0.717, 1.165) is 0 Å². The van der Waals surface area contributed by atoms with Crippen LogP contribution in [0.5, 0.6) is 5.75 Å². The van der Waals surface area contributed by atoms with Gasteiger partial charge in [0.2, 0.25) is 4.91 Å². The van der Waals surface area contributed by atoms with Crippen LogP contribution in [0.25, 0.3) is 0 Å². The van der Waals surface area contributed by atoms with Crippen LogP contribution < -0.4 is 9.65 Å². The maximum absolute atomic E-state index is 13.1. The molecular formula is C13H20FN4O4+. The highest BCUT2D eigenvalue weighted by Crippen LogP contribution is 2.12. The van der Waals surface area contributed by atoms with E-state index in [4.69, 9.17) is 24.5 Å². The summed E-state index contributed by atoms with van der Waals surface area (Å²) in [4.78, 5) is 6.33. The van der Waals surface area contributed by atoms with Crippen LogP contribution in [0.2, 0.25) is 0 Å². The Morgan fingerprint density at radius 2 is 1.68 bits per heavy atom. The molecule has 0 saturated heterocycles.